The van der Waals surface area contributed by atoms with Crippen molar-refractivity contribution in [2.45, 2.75) is 66.2 Å². The molecule has 0 unspecified atom stereocenters. The summed E-state index contributed by atoms with van der Waals surface area (Å²) < 4.78 is 0. The smallest absolute Gasteiger partial charge is 0.0699 e. The maximum absolute atomic E-state index is 4.79. The quantitative estimate of drug-likeness (QED) is 0.484. The van der Waals surface area contributed by atoms with Crippen LogP contribution in [0.3, 0.4) is 0 Å². The van der Waals surface area contributed by atoms with Crippen LogP contribution in [-0.2, 0) is 0 Å². The summed E-state index contributed by atoms with van der Waals surface area (Å²) in [5.41, 5.74) is 7.22. The van der Waals surface area contributed by atoms with Gasteiger partial charge < -0.3 is 0 Å². The molecule has 0 fully saturated rings. The van der Waals surface area contributed by atoms with E-state index in [1.807, 2.05) is 12.4 Å². The van der Waals surface area contributed by atoms with Crippen LogP contribution in [0.15, 0.2) is 46.4 Å². The number of nitrogens with zero attached hydrogens (tertiary/aromatic N) is 2. The van der Waals surface area contributed by atoms with Gasteiger partial charge in [0.15, 0.2) is 0 Å². The van der Waals surface area contributed by atoms with Crippen LogP contribution in [0.2, 0.25) is 0 Å². The molecule has 0 saturated carbocycles. The molecule has 2 rings (SSSR count). The van der Waals surface area contributed by atoms with Gasteiger partial charge in [0.1, 0.15) is 0 Å². The fraction of sp³-hybridized carbons (Fsp3) is 0.417. The van der Waals surface area contributed by atoms with Crippen molar-refractivity contribution in [1.82, 2.24) is 0 Å². The van der Waals surface area contributed by atoms with E-state index >= 15 is 0 Å². The minimum atomic E-state index is 0.446. The van der Waals surface area contributed by atoms with E-state index in [0.29, 0.717) is 17.8 Å². The Morgan fingerprint density at radius 3 is 1.46 bits per heavy atom. The van der Waals surface area contributed by atoms with E-state index in [1.165, 1.54) is 22.3 Å². The number of benzene rings is 2. The molecule has 0 heterocycles. The molecular weight excluding hydrogens is 316 g/mol. The van der Waals surface area contributed by atoms with Crippen LogP contribution in [0.25, 0.3) is 0 Å². The predicted octanol–water partition coefficient (Wildman–Crippen LogP) is 7.47. The summed E-state index contributed by atoms with van der Waals surface area (Å²) in [6, 6.07) is 12.9. The van der Waals surface area contributed by atoms with E-state index in [4.69, 9.17) is 9.98 Å². The Kier molecular flexibility index (Phi) is 6.90. The maximum atomic E-state index is 4.79. The number of hydrogen-bond donors (Lipinski definition) is 0. The molecule has 2 aromatic rings. The highest BCUT2D eigenvalue weighted by Crippen LogP contribution is 2.34. The third-order valence-corrected chi connectivity index (χ3v) is 4.71. The zero-order valence-electron chi connectivity index (χ0n) is 17.2. The third-order valence-electron chi connectivity index (χ3n) is 4.71. The SMILES string of the molecule is Cc1cccc(C(C)C)c1N=CC=Nc1c(C(C)C)cccc1C(C)C. The maximum Gasteiger partial charge on any atom is 0.0699 e. The van der Waals surface area contributed by atoms with Gasteiger partial charge in [-0.2, -0.15) is 0 Å². The van der Waals surface area contributed by atoms with Gasteiger partial charge in [-0.1, -0.05) is 77.9 Å². The van der Waals surface area contributed by atoms with Crippen molar-refractivity contribution >= 4 is 23.8 Å². The van der Waals surface area contributed by atoms with Gasteiger partial charge in [-0.05, 0) is 46.9 Å². The van der Waals surface area contributed by atoms with E-state index in [2.05, 4.69) is 84.9 Å². The number of hydrogen-bond acceptors (Lipinski definition) is 2. The molecule has 0 spiro atoms. The molecule has 0 aromatic heterocycles. The third kappa shape index (κ3) is 4.69. The van der Waals surface area contributed by atoms with Crippen molar-refractivity contribution < 1.29 is 0 Å². The summed E-state index contributed by atoms with van der Waals surface area (Å²) >= 11 is 0. The number of aliphatic imine (C=N–C) groups is 2. The van der Waals surface area contributed by atoms with Crippen LogP contribution in [-0.4, -0.2) is 12.4 Å². The van der Waals surface area contributed by atoms with Crippen molar-refractivity contribution in [2.24, 2.45) is 9.98 Å². The molecule has 0 amide bonds. The molecule has 2 nitrogen and oxygen atoms in total. The first kappa shape index (κ1) is 20.1. The van der Waals surface area contributed by atoms with Crippen molar-refractivity contribution in [2.75, 3.05) is 0 Å². The standard InChI is InChI=1S/C24H32N2/c1-16(2)20-11-8-10-19(7)23(20)25-14-15-26-24-21(17(3)4)12-9-13-22(24)18(5)6/h8-18H,1-7H3. The highest BCUT2D eigenvalue weighted by Gasteiger charge is 2.12. The van der Waals surface area contributed by atoms with Gasteiger partial charge in [0.25, 0.3) is 0 Å². The van der Waals surface area contributed by atoms with Crippen LogP contribution < -0.4 is 0 Å². The predicted molar refractivity (Wildman–Crippen MR) is 116 cm³/mol. The second kappa shape index (κ2) is 8.93. The Morgan fingerprint density at radius 1 is 0.615 bits per heavy atom. The first-order chi connectivity index (χ1) is 12.3. The van der Waals surface area contributed by atoms with Crippen molar-refractivity contribution in [3.63, 3.8) is 0 Å². The van der Waals surface area contributed by atoms with E-state index in [1.54, 1.807) is 0 Å². The first-order valence-electron chi connectivity index (χ1n) is 9.62. The van der Waals surface area contributed by atoms with Crippen molar-refractivity contribution in [3.05, 3.63) is 58.7 Å². The van der Waals surface area contributed by atoms with Gasteiger partial charge in [-0.25, -0.2) is 0 Å². The van der Waals surface area contributed by atoms with E-state index < -0.39 is 0 Å². The summed E-state index contributed by atoms with van der Waals surface area (Å²) in [7, 11) is 0. The fourth-order valence-corrected chi connectivity index (χ4v) is 3.20. The molecule has 0 saturated heterocycles. The molecule has 0 atom stereocenters. The van der Waals surface area contributed by atoms with Gasteiger partial charge in [0.05, 0.1) is 11.4 Å². The zero-order valence-corrected chi connectivity index (χ0v) is 17.2. The Hall–Kier alpha value is -2.22. The molecule has 0 aliphatic rings. The van der Waals surface area contributed by atoms with Gasteiger partial charge in [-0.15, -0.1) is 0 Å². The summed E-state index contributed by atoms with van der Waals surface area (Å²) in [4.78, 5) is 9.51. The average molecular weight is 349 g/mol. The number of para-hydroxylation sites is 2. The Morgan fingerprint density at radius 2 is 1.00 bits per heavy atom. The number of aryl methyl sites for hydroxylation is 1. The van der Waals surface area contributed by atoms with Crippen molar-refractivity contribution in [1.29, 1.82) is 0 Å². The lowest BCUT2D eigenvalue weighted by molar-refractivity contribution is 0.835. The van der Waals surface area contributed by atoms with Gasteiger partial charge in [0, 0.05) is 12.4 Å². The zero-order chi connectivity index (χ0) is 19.3. The molecule has 0 aliphatic heterocycles. The fourth-order valence-electron chi connectivity index (χ4n) is 3.20. The average Bonchev–Trinajstić information content (AvgIpc) is 2.58. The monoisotopic (exact) mass is 348 g/mol. The summed E-state index contributed by atoms with van der Waals surface area (Å²) in [6.45, 7) is 15.4. The van der Waals surface area contributed by atoms with Crippen LogP contribution in [0.4, 0.5) is 11.4 Å². The summed E-state index contributed by atoms with van der Waals surface area (Å²) in [5, 5.41) is 0. The van der Waals surface area contributed by atoms with Gasteiger partial charge >= 0.3 is 0 Å². The molecule has 2 aromatic carbocycles. The van der Waals surface area contributed by atoms with E-state index in [0.717, 1.165) is 11.4 Å². The van der Waals surface area contributed by atoms with Crippen LogP contribution in [0.5, 0.6) is 0 Å². The molecule has 0 bridgehead atoms. The minimum absolute atomic E-state index is 0.446. The second-order valence-corrected chi connectivity index (χ2v) is 7.82. The minimum Gasteiger partial charge on any atom is -0.255 e. The Balaban J connectivity index is 2.37. The highest BCUT2D eigenvalue weighted by atomic mass is 14.8. The highest BCUT2D eigenvalue weighted by molar-refractivity contribution is 6.17. The normalized spacial score (nSPS) is 12.4. The molecule has 0 radical (unpaired) electrons. The summed E-state index contributed by atoms with van der Waals surface area (Å²) in [5.74, 6) is 1.34. The second-order valence-electron chi connectivity index (χ2n) is 7.82. The van der Waals surface area contributed by atoms with E-state index in [9.17, 15) is 0 Å². The summed E-state index contributed by atoms with van der Waals surface area (Å²) in [6.07, 6.45) is 3.67. The largest absolute Gasteiger partial charge is 0.255 e. The van der Waals surface area contributed by atoms with Crippen molar-refractivity contribution in [3.8, 4) is 0 Å². The molecular formula is C24H32N2. The Labute approximate surface area is 159 Å². The van der Waals surface area contributed by atoms with Crippen LogP contribution in [0, 0.1) is 6.92 Å². The lowest BCUT2D eigenvalue weighted by atomic mass is 9.93. The molecule has 2 heteroatoms. The molecule has 0 N–H and O–H groups in total. The lowest BCUT2D eigenvalue weighted by Crippen LogP contribution is -1.95. The Bertz CT molecular complexity index is 770. The molecule has 138 valence electrons. The molecule has 0 aliphatic carbocycles. The first-order valence-corrected chi connectivity index (χ1v) is 9.62. The lowest BCUT2D eigenvalue weighted by Gasteiger charge is -2.16. The van der Waals surface area contributed by atoms with E-state index in [-0.39, 0.29) is 0 Å². The number of rotatable bonds is 6. The van der Waals surface area contributed by atoms with Crippen LogP contribution in [0.1, 0.15) is 81.5 Å². The topological polar surface area (TPSA) is 24.7 Å². The molecule has 26 heavy (non-hydrogen) atoms. The van der Waals surface area contributed by atoms with Gasteiger partial charge in [0.2, 0.25) is 0 Å². The van der Waals surface area contributed by atoms with Crippen LogP contribution >= 0.6 is 0 Å². The van der Waals surface area contributed by atoms with Gasteiger partial charge in [-0.3, -0.25) is 9.98 Å².